The highest BCUT2D eigenvalue weighted by Crippen LogP contribution is 2.38. The predicted molar refractivity (Wildman–Crippen MR) is 132 cm³/mol. The molecule has 0 bridgehead atoms. The highest BCUT2D eigenvalue weighted by Gasteiger charge is 2.29. The van der Waals surface area contributed by atoms with Gasteiger partial charge in [-0.05, 0) is 24.3 Å². The Morgan fingerprint density at radius 3 is 2.11 bits per heavy atom. The van der Waals surface area contributed by atoms with E-state index in [0.717, 1.165) is 0 Å². The summed E-state index contributed by atoms with van der Waals surface area (Å²) in [4.78, 5) is 30.8. The van der Waals surface area contributed by atoms with Crippen LogP contribution in [0.15, 0.2) is 60.7 Å². The molecular weight excluding hydrogens is 480 g/mol. The Labute approximate surface area is 212 Å². The SMILES string of the molecule is COc1ccc2nc(COC(=O)c3cc(OC)c(OC)c(OC)c3)c(C(=O)c3ccccc3)[n+]([O-])c2c1. The van der Waals surface area contributed by atoms with Gasteiger partial charge in [0.1, 0.15) is 17.9 Å². The molecule has 0 aliphatic heterocycles. The zero-order valence-corrected chi connectivity index (χ0v) is 20.6. The molecule has 190 valence electrons. The number of ketones is 1. The number of esters is 1. The first kappa shape index (κ1) is 25.2. The standard InChI is InChI=1S/C27H24N2O8/c1-33-18-10-11-19-21(14-18)29(32)24(25(30)16-8-6-5-7-9-16)20(28-19)15-37-27(31)17-12-22(34-2)26(36-4)23(13-17)35-3/h5-14H,15H2,1-4H3. The van der Waals surface area contributed by atoms with E-state index < -0.39 is 18.4 Å². The minimum absolute atomic E-state index is 0.00214. The van der Waals surface area contributed by atoms with Gasteiger partial charge in [0, 0.05) is 5.56 Å². The Morgan fingerprint density at radius 1 is 0.838 bits per heavy atom. The average Bonchev–Trinajstić information content (AvgIpc) is 2.94. The van der Waals surface area contributed by atoms with Gasteiger partial charge in [0.15, 0.2) is 17.2 Å². The van der Waals surface area contributed by atoms with Crippen molar-refractivity contribution in [2.75, 3.05) is 28.4 Å². The lowest BCUT2D eigenvalue weighted by Gasteiger charge is -2.14. The number of methoxy groups -OCH3 is 4. The van der Waals surface area contributed by atoms with E-state index in [2.05, 4.69) is 4.98 Å². The number of aromatic nitrogens is 2. The van der Waals surface area contributed by atoms with E-state index in [4.69, 9.17) is 23.7 Å². The number of nitrogens with zero attached hydrogens (tertiary/aromatic N) is 2. The molecule has 0 unspecified atom stereocenters. The fourth-order valence-corrected chi connectivity index (χ4v) is 3.79. The molecule has 37 heavy (non-hydrogen) atoms. The third-order valence-electron chi connectivity index (χ3n) is 5.62. The fraction of sp³-hybridized carbons (Fsp3) is 0.185. The van der Waals surface area contributed by atoms with Gasteiger partial charge in [-0.25, -0.2) is 9.78 Å². The van der Waals surface area contributed by atoms with Gasteiger partial charge in [-0.1, -0.05) is 30.3 Å². The summed E-state index contributed by atoms with van der Waals surface area (Å²) in [6.45, 7) is -0.437. The third kappa shape index (κ3) is 4.94. The molecular formula is C27H24N2O8. The number of hydrogen-bond donors (Lipinski definition) is 0. The number of ether oxygens (including phenoxy) is 5. The summed E-state index contributed by atoms with van der Waals surface area (Å²) in [6, 6.07) is 15.9. The van der Waals surface area contributed by atoms with Crippen LogP contribution in [-0.4, -0.2) is 45.2 Å². The normalized spacial score (nSPS) is 10.6. The van der Waals surface area contributed by atoms with E-state index in [9.17, 15) is 14.8 Å². The molecule has 0 aliphatic rings. The van der Waals surface area contributed by atoms with Crippen molar-refractivity contribution in [3.63, 3.8) is 0 Å². The molecule has 3 aromatic carbocycles. The van der Waals surface area contributed by atoms with Crippen molar-refractivity contribution in [2.24, 2.45) is 0 Å². The number of hydrogen-bond acceptors (Lipinski definition) is 9. The van der Waals surface area contributed by atoms with Crippen molar-refractivity contribution in [3.8, 4) is 23.0 Å². The van der Waals surface area contributed by atoms with Crippen molar-refractivity contribution < 1.29 is 38.0 Å². The van der Waals surface area contributed by atoms with Crippen LogP contribution < -0.4 is 23.7 Å². The van der Waals surface area contributed by atoms with E-state index in [-0.39, 0.29) is 39.5 Å². The maximum atomic E-state index is 13.4. The summed E-state index contributed by atoms with van der Waals surface area (Å²) in [5.74, 6) is -0.0270. The van der Waals surface area contributed by atoms with Gasteiger partial charge in [0.25, 0.3) is 11.5 Å². The van der Waals surface area contributed by atoms with Gasteiger partial charge in [0.05, 0.1) is 40.1 Å². The predicted octanol–water partition coefficient (Wildman–Crippen LogP) is 3.49. The van der Waals surface area contributed by atoms with Crippen LogP contribution in [0.2, 0.25) is 0 Å². The minimum Gasteiger partial charge on any atom is -0.618 e. The second-order valence-electron chi connectivity index (χ2n) is 7.74. The summed E-state index contributed by atoms with van der Waals surface area (Å²) in [5, 5.41) is 13.4. The Morgan fingerprint density at radius 2 is 1.51 bits per heavy atom. The lowest BCUT2D eigenvalue weighted by molar-refractivity contribution is -0.580. The lowest BCUT2D eigenvalue weighted by Crippen LogP contribution is -2.38. The molecule has 10 heteroatoms. The van der Waals surface area contributed by atoms with Crippen LogP contribution >= 0.6 is 0 Å². The zero-order valence-electron chi connectivity index (χ0n) is 20.6. The largest absolute Gasteiger partial charge is 0.618 e. The first-order chi connectivity index (χ1) is 17.9. The van der Waals surface area contributed by atoms with E-state index >= 15 is 0 Å². The van der Waals surface area contributed by atoms with Gasteiger partial charge in [-0.2, -0.15) is 4.73 Å². The molecule has 0 N–H and O–H groups in total. The molecule has 1 aromatic heterocycles. The van der Waals surface area contributed by atoms with E-state index in [1.165, 1.54) is 46.6 Å². The monoisotopic (exact) mass is 504 g/mol. The van der Waals surface area contributed by atoms with Crippen LogP contribution in [0.5, 0.6) is 23.0 Å². The number of rotatable bonds is 9. The Kier molecular flexibility index (Phi) is 7.38. The topological polar surface area (TPSA) is 120 Å². The van der Waals surface area contributed by atoms with E-state index in [0.29, 0.717) is 21.7 Å². The summed E-state index contributed by atoms with van der Waals surface area (Å²) in [7, 11) is 5.77. The van der Waals surface area contributed by atoms with Crippen LogP contribution in [0.25, 0.3) is 11.0 Å². The molecule has 0 amide bonds. The summed E-state index contributed by atoms with van der Waals surface area (Å²) in [6.07, 6.45) is 0. The highest BCUT2D eigenvalue weighted by molar-refractivity contribution is 6.07. The number of fused-ring (bicyclic) bond motifs is 1. The zero-order chi connectivity index (χ0) is 26.5. The Balaban J connectivity index is 1.74. The average molecular weight is 504 g/mol. The number of carbonyl (C=O) groups is 2. The first-order valence-electron chi connectivity index (χ1n) is 11.1. The van der Waals surface area contributed by atoms with Crippen LogP contribution in [-0.2, 0) is 11.3 Å². The van der Waals surface area contributed by atoms with Gasteiger partial charge >= 0.3 is 5.97 Å². The molecule has 10 nitrogen and oxygen atoms in total. The van der Waals surface area contributed by atoms with Gasteiger partial charge in [0.2, 0.25) is 11.3 Å². The molecule has 0 saturated heterocycles. The minimum atomic E-state index is -0.744. The van der Waals surface area contributed by atoms with Crippen LogP contribution in [0.3, 0.4) is 0 Å². The molecule has 4 rings (SSSR count). The maximum absolute atomic E-state index is 13.4. The second kappa shape index (κ2) is 10.8. The highest BCUT2D eigenvalue weighted by atomic mass is 16.5. The Bertz CT molecular complexity index is 1450. The van der Waals surface area contributed by atoms with Crippen molar-refractivity contribution in [1.82, 2.24) is 4.98 Å². The third-order valence-corrected chi connectivity index (χ3v) is 5.62. The molecule has 0 aliphatic carbocycles. The van der Waals surface area contributed by atoms with Gasteiger partial charge < -0.3 is 28.9 Å². The van der Waals surface area contributed by atoms with Crippen molar-refractivity contribution in [3.05, 3.63) is 88.4 Å². The van der Waals surface area contributed by atoms with E-state index in [1.54, 1.807) is 42.5 Å². The molecule has 0 saturated carbocycles. The molecule has 0 spiro atoms. The van der Waals surface area contributed by atoms with Crippen LogP contribution in [0.1, 0.15) is 32.1 Å². The number of carbonyl (C=O) groups excluding carboxylic acids is 2. The summed E-state index contributed by atoms with van der Waals surface area (Å²) in [5.41, 5.74) is 0.587. The molecule has 0 fully saturated rings. The van der Waals surface area contributed by atoms with Crippen molar-refractivity contribution in [2.45, 2.75) is 6.61 Å². The molecule has 0 radical (unpaired) electrons. The lowest BCUT2D eigenvalue weighted by atomic mass is 10.1. The summed E-state index contributed by atoms with van der Waals surface area (Å²) >= 11 is 0. The molecule has 0 atom stereocenters. The van der Waals surface area contributed by atoms with Gasteiger partial charge in [-0.3, -0.25) is 4.79 Å². The van der Waals surface area contributed by atoms with Crippen molar-refractivity contribution >= 4 is 22.8 Å². The second-order valence-corrected chi connectivity index (χ2v) is 7.74. The first-order valence-corrected chi connectivity index (χ1v) is 11.1. The van der Waals surface area contributed by atoms with Crippen molar-refractivity contribution in [1.29, 1.82) is 0 Å². The van der Waals surface area contributed by atoms with E-state index in [1.807, 2.05) is 0 Å². The van der Waals surface area contributed by atoms with Crippen LogP contribution in [0, 0.1) is 5.21 Å². The maximum Gasteiger partial charge on any atom is 0.338 e. The smallest absolute Gasteiger partial charge is 0.338 e. The van der Waals surface area contributed by atoms with Gasteiger partial charge in [-0.15, -0.1) is 0 Å². The molecule has 1 heterocycles. The molecule has 4 aromatic rings. The van der Waals surface area contributed by atoms with Crippen LogP contribution in [0.4, 0.5) is 0 Å². The number of benzene rings is 3. The fourth-order valence-electron chi connectivity index (χ4n) is 3.79. The Hall–Kier alpha value is -4.86. The summed E-state index contributed by atoms with van der Waals surface area (Å²) < 4.78 is 27.0. The quantitative estimate of drug-likeness (QED) is 0.146.